The monoisotopic (exact) mass is 224 g/mol. The molecule has 1 rings (SSSR count). The van der Waals surface area contributed by atoms with Crippen molar-refractivity contribution in [1.82, 2.24) is 0 Å². The van der Waals surface area contributed by atoms with E-state index in [4.69, 9.17) is 5.11 Å². The number of hydrogen-bond acceptors (Lipinski definition) is 3. The fourth-order valence-electron chi connectivity index (χ4n) is 1.66. The number of aliphatic carboxylic acids is 1. The zero-order chi connectivity index (χ0) is 12.3. The summed E-state index contributed by atoms with van der Waals surface area (Å²) < 4.78 is 0. The van der Waals surface area contributed by atoms with E-state index in [0.717, 1.165) is 11.1 Å². The fraction of sp³-hybridized carbons (Fsp3) is 0.417. The minimum absolute atomic E-state index is 0.464. The first-order valence-corrected chi connectivity index (χ1v) is 5.07. The Hall–Kier alpha value is -1.39. The molecular weight excluding hydrogens is 208 g/mol. The van der Waals surface area contributed by atoms with Crippen molar-refractivity contribution < 1.29 is 20.1 Å². The van der Waals surface area contributed by atoms with Gasteiger partial charge < -0.3 is 15.3 Å². The summed E-state index contributed by atoms with van der Waals surface area (Å²) in [5.74, 6) is -1.13. The van der Waals surface area contributed by atoms with Crippen LogP contribution in [0.3, 0.4) is 0 Å². The van der Waals surface area contributed by atoms with E-state index >= 15 is 0 Å². The number of rotatable bonds is 4. The van der Waals surface area contributed by atoms with Crippen molar-refractivity contribution in [1.29, 1.82) is 0 Å². The third kappa shape index (κ3) is 3.05. The van der Waals surface area contributed by atoms with Gasteiger partial charge in [0.25, 0.3) is 0 Å². The van der Waals surface area contributed by atoms with E-state index in [0.29, 0.717) is 5.56 Å². The van der Waals surface area contributed by atoms with E-state index in [9.17, 15) is 15.0 Å². The van der Waals surface area contributed by atoms with Crippen LogP contribution in [-0.2, 0) is 4.79 Å². The van der Waals surface area contributed by atoms with Gasteiger partial charge in [-0.3, -0.25) is 4.79 Å². The van der Waals surface area contributed by atoms with Gasteiger partial charge in [-0.05, 0) is 25.0 Å². The molecule has 3 N–H and O–H groups in total. The number of aryl methyl sites for hydroxylation is 2. The Morgan fingerprint density at radius 3 is 2.44 bits per heavy atom. The van der Waals surface area contributed by atoms with E-state index in [1.54, 1.807) is 6.07 Å². The molecule has 0 bridgehead atoms. The molecule has 0 fully saturated rings. The largest absolute Gasteiger partial charge is 0.481 e. The highest BCUT2D eigenvalue weighted by molar-refractivity contribution is 5.67. The van der Waals surface area contributed by atoms with Crippen molar-refractivity contribution in [2.24, 2.45) is 0 Å². The first kappa shape index (κ1) is 12.7. The minimum Gasteiger partial charge on any atom is -0.481 e. The lowest BCUT2D eigenvalue weighted by atomic mass is 9.96. The number of aliphatic hydroxyl groups is 2. The van der Waals surface area contributed by atoms with Crippen LogP contribution in [0.25, 0.3) is 0 Å². The van der Waals surface area contributed by atoms with E-state index in [1.807, 2.05) is 26.0 Å². The Morgan fingerprint density at radius 1 is 1.31 bits per heavy atom. The molecule has 16 heavy (non-hydrogen) atoms. The van der Waals surface area contributed by atoms with E-state index in [2.05, 4.69) is 0 Å². The van der Waals surface area contributed by atoms with E-state index in [-0.39, 0.29) is 0 Å². The quantitative estimate of drug-likeness (QED) is 0.717. The SMILES string of the molecule is Cc1ccc(C(O)C(O)CC(=O)O)c(C)c1. The summed E-state index contributed by atoms with van der Waals surface area (Å²) in [6.45, 7) is 3.75. The highest BCUT2D eigenvalue weighted by atomic mass is 16.4. The molecule has 0 aliphatic carbocycles. The van der Waals surface area contributed by atoms with Gasteiger partial charge in [-0.2, -0.15) is 0 Å². The molecule has 0 saturated carbocycles. The van der Waals surface area contributed by atoms with Gasteiger partial charge in [-0.25, -0.2) is 0 Å². The molecule has 0 spiro atoms. The highest BCUT2D eigenvalue weighted by Gasteiger charge is 2.22. The molecule has 2 unspecified atom stereocenters. The molecule has 0 aliphatic rings. The van der Waals surface area contributed by atoms with Gasteiger partial charge in [0.1, 0.15) is 6.10 Å². The lowest BCUT2D eigenvalue weighted by Gasteiger charge is -2.18. The standard InChI is InChI=1S/C12H16O4/c1-7-3-4-9(8(2)5-7)12(16)10(13)6-11(14)15/h3-5,10,12-13,16H,6H2,1-2H3,(H,14,15). The maximum atomic E-state index is 10.4. The van der Waals surface area contributed by atoms with Crippen molar-refractivity contribution >= 4 is 5.97 Å². The minimum atomic E-state index is -1.28. The van der Waals surface area contributed by atoms with Gasteiger partial charge >= 0.3 is 5.97 Å². The first-order chi connectivity index (χ1) is 7.41. The molecule has 0 amide bonds. The summed E-state index contributed by atoms with van der Waals surface area (Å²) in [6.07, 6.45) is -2.90. The Labute approximate surface area is 94.2 Å². The topological polar surface area (TPSA) is 77.8 Å². The molecule has 0 heterocycles. The van der Waals surface area contributed by atoms with Crippen LogP contribution < -0.4 is 0 Å². The molecule has 4 heteroatoms. The van der Waals surface area contributed by atoms with Gasteiger partial charge in [-0.1, -0.05) is 23.8 Å². The first-order valence-electron chi connectivity index (χ1n) is 5.07. The number of aliphatic hydroxyl groups excluding tert-OH is 2. The molecule has 0 saturated heterocycles. The van der Waals surface area contributed by atoms with Crippen LogP contribution in [0.15, 0.2) is 18.2 Å². The van der Waals surface area contributed by atoms with Gasteiger partial charge in [0, 0.05) is 0 Å². The highest BCUT2D eigenvalue weighted by Crippen LogP contribution is 2.23. The summed E-state index contributed by atoms with van der Waals surface area (Å²) in [6, 6.07) is 5.41. The van der Waals surface area contributed by atoms with Crippen LogP contribution >= 0.6 is 0 Å². The molecule has 4 nitrogen and oxygen atoms in total. The fourth-order valence-corrected chi connectivity index (χ4v) is 1.66. The van der Waals surface area contributed by atoms with Crippen LogP contribution in [0.2, 0.25) is 0 Å². The predicted octanol–water partition coefficient (Wildman–Crippen LogP) is 1.17. The molecule has 2 atom stereocenters. The lowest BCUT2D eigenvalue weighted by Crippen LogP contribution is -2.22. The Morgan fingerprint density at radius 2 is 1.94 bits per heavy atom. The third-order valence-electron chi connectivity index (χ3n) is 2.49. The van der Waals surface area contributed by atoms with Crippen molar-refractivity contribution in [3.8, 4) is 0 Å². The summed E-state index contributed by atoms with van der Waals surface area (Å²) in [4.78, 5) is 10.4. The van der Waals surface area contributed by atoms with E-state index < -0.39 is 24.6 Å². The van der Waals surface area contributed by atoms with Gasteiger partial charge in [0.2, 0.25) is 0 Å². The van der Waals surface area contributed by atoms with Crippen molar-refractivity contribution in [3.05, 3.63) is 34.9 Å². The van der Waals surface area contributed by atoms with E-state index in [1.165, 1.54) is 0 Å². The molecule has 1 aromatic rings. The summed E-state index contributed by atoms with van der Waals surface area (Å²) >= 11 is 0. The van der Waals surface area contributed by atoms with Crippen molar-refractivity contribution in [2.45, 2.75) is 32.5 Å². The van der Waals surface area contributed by atoms with Crippen LogP contribution in [0, 0.1) is 13.8 Å². The summed E-state index contributed by atoms with van der Waals surface area (Å²) in [7, 11) is 0. The maximum Gasteiger partial charge on any atom is 0.306 e. The molecule has 0 radical (unpaired) electrons. The number of benzene rings is 1. The second-order valence-electron chi connectivity index (χ2n) is 3.97. The number of carboxylic acid groups (broad SMARTS) is 1. The average molecular weight is 224 g/mol. The Kier molecular flexibility index (Phi) is 4.04. The third-order valence-corrected chi connectivity index (χ3v) is 2.49. The smallest absolute Gasteiger partial charge is 0.306 e. The molecule has 88 valence electrons. The molecular formula is C12H16O4. The zero-order valence-corrected chi connectivity index (χ0v) is 9.34. The number of carboxylic acids is 1. The Balaban J connectivity index is 2.87. The van der Waals surface area contributed by atoms with Crippen LogP contribution in [0.5, 0.6) is 0 Å². The summed E-state index contributed by atoms with van der Waals surface area (Å²) in [5, 5.41) is 27.8. The average Bonchev–Trinajstić information content (AvgIpc) is 2.15. The van der Waals surface area contributed by atoms with Crippen molar-refractivity contribution in [2.75, 3.05) is 0 Å². The second-order valence-corrected chi connectivity index (χ2v) is 3.97. The van der Waals surface area contributed by atoms with Gasteiger partial charge in [0.15, 0.2) is 0 Å². The molecule has 0 aliphatic heterocycles. The summed E-state index contributed by atoms with van der Waals surface area (Å²) in [5.41, 5.74) is 2.47. The predicted molar refractivity (Wildman–Crippen MR) is 59.1 cm³/mol. The normalized spacial score (nSPS) is 14.5. The lowest BCUT2D eigenvalue weighted by molar-refractivity contribution is -0.141. The van der Waals surface area contributed by atoms with Gasteiger partial charge in [0.05, 0.1) is 12.5 Å². The second kappa shape index (κ2) is 5.09. The number of hydrogen-bond donors (Lipinski definition) is 3. The van der Waals surface area contributed by atoms with Crippen molar-refractivity contribution in [3.63, 3.8) is 0 Å². The Bertz CT molecular complexity index is 387. The van der Waals surface area contributed by atoms with Crippen LogP contribution in [-0.4, -0.2) is 27.4 Å². The van der Waals surface area contributed by atoms with Crippen LogP contribution in [0.1, 0.15) is 29.2 Å². The van der Waals surface area contributed by atoms with Crippen LogP contribution in [0.4, 0.5) is 0 Å². The molecule has 1 aromatic carbocycles. The maximum absolute atomic E-state index is 10.4. The van der Waals surface area contributed by atoms with Gasteiger partial charge in [-0.15, -0.1) is 0 Å². The number of carbonyl (C=O) groups is 1. The zero-order valence-electron chi connectivity index (χ0n) is 9.34. The molecule has 0 aromatic heterocycles.